The zero-order valence-corrected chi connectivity index (χ0v) is 18.0. The van der Waals surface area contributed by atoms with E-state index in [0.29, 0.717) is 40.2 Å². The number of hydrogen-bond acceptors (Lipinski definition) is 6. The van der Waals surface area contributed by atoms with Gasteiger partial charge < -0.3 is 20.6 Å². The molecule has 0 bridgehead atoms. The number of imidazole rings is 1. The molecule has 4 aromatic rings. The van der Waals surface area contributed by atoms with Gasteiger partial charge in [0.2, 0.25) is 0 Å². The van der Waals surface area contributed by atoms with E-state index >= 15 is 0 Å². The average molecular weight is 441 g/mol. The Morgan fingerprint density at radius 3 is 2.30 bits per heavy atom. The van der Waals surface area contributed by atoms with Crippen molar-refractivity contribution >= 4 is 23.2 Å². The number of ketones is 1. The molecular weight excluding hydrogens is 418 g/mol. The predicted octanol–water partition coefficient (Wildman–Crippen LogP) is 3.34. The van der Waals surface area contributed by atoms with Crippen LogP contribution in [0.5, 0.6) is 0 Å². The first kappa shape index (κ1) is 21.9. The van der Waals surface area contributed by atoms with Gasteiger partial charge in [0.25, 0.3) is 0 Å². The molecule has 8 heteroatoms. The fraction of sp³-hybridized carbons (Fsp3) is 0.120. The minimum absolute atomic E-state index is 0.0664. The molecule has 1 unspecified atom stereocenters. The third-order valence-electron chi connectivity index (χ3n) is 5.30. The third-order valence-corrected chi connectivity index (χ3v) is 5.30. The molecule has 33 heavy (non-hydrogen) atoms. The van der Waals surface area contributed by atoms with Gasteiger partial charge in [-0.2, -0.15) is 0 Å². The number of amidine groups is 1. The summed E-state index contributed by atoms with van der Waals surface area (Å²) in [4.78, 5) is 29.6. The molecule has 4 rings (SSSR count). The van der Waals surface area contributed by atoms with Gasteiger partial charge in [0, 0.05) is 34.6 Å². The van der Waals surface area contributed by atoms with Crippen molar-refractivity contribution in [2.75, 3.05) is 6.61 Å². The molecule has 0 spiro atoms. The summed E-state index contributed by atoms with van der Waals surface area (Å²) in [6, 6.07) is 16.1. The van der Waals surface area contributed by atoms with Crippen LogP contribution in [0.25, 0.3) is 16.9 Å². The second kappa shape index (κ2) is 9.05. The van der Waals surface area contributed by atoms with Crippen LogP contribution in [0, 0.1) is 5.41 Å². The summed E-state index contributed by atoms with van der Waals surface area (Å²) in [5, 5.41) is 7.48. The van der Waals surface area contributed by atoms with E-state index in [1.54, 1.807) is 61.5 Å². The van der Waals surface area contributed by atoms with Crippen molar-refractivity contribution in [2.24, 2.45) is 11.5 Å². The molecule has 5 N–H and O–H groups in total. The van der Waals surface area contributed by atoms with E-state index < -0.39 is 6.04 Å². The molecule has 166 valence electrons. The van der Waals surface area contributed by atoms with Gasteiger partial charge in [0.1, 0.15) is 11.5 Å². The van der Waals surface area contributed by atoms with Crippen LogP contribution < -0.4 is 11.5 Å². The first-order valence-corrected chi connectivity index (χ1v) is 10.4. The lowest BCUT2D eigenvalue weighted by atomic mass is 9.98. The van der Waals surface area contributed by atoms with Crippen LogP contribution in [0.2, 0.25) is 0 Å². The molecule has 2 heterocycles. The fourth-order valence-electron chi connectivity index (χ4n) is 3.54. The fourth-order valence-corrected chi connectivity index (χ4v) is 3.54. The maximum Gasteiger partial charge on any atom is 0.338 e. The summed E-state index contributed by atoms with van der Waals surface area (Å²) in [7, 11) is 0. The number of rotatable bonds is 7. The van der Waals surface area contributed by atoms with Gasteiger partial charge in [-0.15, -0.1) is 0 Å². The number of hydrogen-bond donors (Lipinski definition) is 3. The number of nitrogen functional groups attached to an aromatic ring is 1. The van der Waals surface area contributed by atoms with Gasteiger partial charge in [0.05, 0.1) is 23.9 Å². The molecule has 0 amide bonds. The zero-order valence-electron chi connectivity index (χ0n) is 18.0. The second-order valence-corrected chi connectivity index (χ2v) is 7.45. The Morgan fingerprint density at radius 1 is 1.03 bits per heavy atom. The number of benzene rings is 2. The molecule has 0 aliphatic heterocycles. The van der Waals surface area contributed by atoms with E-state index in [2.05, 4.69) is 0 Å². The number of ether oxygens (including phenoxy) is 1. The molecule has 8 nitrogen and oxygen atoms in total. The smallest absolute Gasteiger partial charge is 0.338 e. The van der Waals surface area contributed by atoms with Crippen molar-refractivity contribution < 1.29 is 14.3 Å². The van der Waals surface area contributed by atoms with Crippen molar-refractivity contribution in [3.8, 4) is 11.3 Å². The topological polar surface area (TPSA) is 137 Å². The summed E-state index contributed by atoms with van der Waals surface area (Å²) < 4.78 is 6.83. The molecule has 0 radical (unpaired) electrons. The number of pyridine rings is 1. The molecule has 0 saturated heterocycles. The van der Waals surface area contributed by atoms with Crippen LogP contribution in [-0.4, -0.2) is 33.6 Å². The number of carbonyl (C=O) groups excluding carboxylic acids is 2. The SMILES string of the molecule is CCOC(=O)c1ccc(-c2cn3cccc(C(N)C(=O)c4ccc(C(=N)N)cc4)c3n2)cc1. The summed E-state index contributed by atoms with van der Waals surface area (Å²) in [5.41, 5.74) is 15.9. The lowest BCUT2D eigenvalue weighted by Crippen LogP contribution is -2.22. The number of nitrogens with two attached hydrogens (primary N) is 2. The summed E-state index contributed by atoms with van der Waals surface area (Å²) in [6.45, 7) is 2.08. The lowest BCUT2D eigenvalue weighted by Gasteiger charge is -2.12. The molecule has 0 saturated carbocycles. The molecule has 2 aromatic heterocycles. The van der Waals surface area contributed by atoms with Gasteiger partial charge >= 0.3 is 5.97 Å². The Bertz CT molecular complexity index is 1340. The summed E-state index contributed by atoms with van der Waals surface area (Å²) in [6.07, 6.45) is 3.68. The van der Waals surface area contributed by atoms with Gasteiger partial charge in [0.15, 0.2) is 5.78 Å². The molecule has 1 atom stereocenters. The largest absolute Gasteiger partial charge is 0.462 e. The maximum absolute atomic E-state index is 13.0. The average Bonchev–Trinajstić information content (AvgIpc) is 3.28. The highest BCUT2D eigenvalue weighted by molar-refractivity contribution is 6.02. The molecule has 0 aliphatic carbocycles. The Labute approximate surface area is 190 Å². The lowest BCUT2D eigenvalue weighted by molar-refractivity contribution is 0.0526. The Kier molecular flexibility index (Phi) is 6.01. The van der Waals surface area contributed by atoms with Crippen molar-refractivity contribution in [1.82, 2.24) is 9.38 Å². The first-order chi connectivity index (χ1) is 15.9. The Hall–Kier alpha value is -4.30. The number of esters is 1. The summed E-state index contributed by atoms with van der Waals surface area (Å²) >= 11 is 0. The molecule has 0 fully saturated rings. The van der Waals surface area contributed by atoms with Crippen LogP contribution in [0.4, 0.5) is 0 Å². The van der Waals surface area contributed by atoms with Crippen molar-refractivity contribution in [3.05, 3.63) is 95.3 Å². The van der Waals surface area contributed by atoms with Gasteiger partial charge in [-0.1, -0.05) is 42.5 Å². The number of nitrogens with zero attached hydrogens (tertiary/aromatic N) is 2. The van der Waals surface area contributed by atoms with E-state index in [-0.39, 0.29) is 17.6 Å². The van der Waals surface area contributed by atoms with E-state index in [9.17, 15) is 9.59 Å². The molecule has 0 aliphatic rings. The van der Waals surface area contributed by atoms with Crippen molar-refractivity contribution in [1.29, 1.82) is 5.41 Å². The minimum Gasteiger partial charge on any atom is -0.462 e. The van der Waals surface area contributed by atoms with Crippen LogP contribution in [0.3, 0.4) is 0 Å². The number of nitrogens with one attached hydrogen (secondary N) is 1. The highest BCUT2D eigenvalue weighted by Gasteiger charge is 2.22. The van der Waals surface area contributed by atoms with Crippen LogP contribution in [0.1, 0.15) is 44.8 Å². The van der Waals surface area contributed by atoms with E-state index in [0.717, 1.165) is 5.56 Å². The number of carbonyl (C=O) groups is 2. The van der Waals surface area contributed by atoms with Crippen LogP contribution in [-0.2, 0) is 4.74 Å². The first-order valence-electron chi connectivity index (χ1n) is 10.4. The number of aromatic nitrogens is 2. The maximum atomic E-state index is 13.0. The van der Waals surface area contributed by atoms with E-state index in [4.69, 9.17) is 26.6 Å². The standard InChI is InChI=1S/C25H23N5O3/c1-2-33-25(32)18-11-5-15(6-12-18)20-14-30-13-3-4-19(24(30)29-20)21(26)22(31)16-7-9-17(10-8-16)23(27)28/h3-14,21H,2,26H2,1H3,(H3,27,28). The highest BCUT2D eigenvalue weighted by Crippen LogP contribution is 2.25. The van der Waals surface area contributed by atoms with Gasteiger partial charge in [-0.25, -0.2) is 9.78 Å². The molecule has 2 aromatic carbocycles. The second-order valence-electron chi connectivity index (χ2n) is 7.45. The zero-order chi connectivity index (χ0) is 23.5. The Morgan fingerprint density at radius 2 is 1.67 bits per heavy atom. The van der Waals surface area contributed by atoms with Crippen molar-refractivity contribution in [2.45, 2.75) is 13.0 Å². The Balaban J connectivity index is 1.64. The third kappa shape index (κ3) is 4.37. The van der Waals surface area contributed by atoms with Gasteiger partial charge in [-0.3, -0.25) is 10.2 Å². The quantitative estimate of drug-likeness (QED) is 0.174. The molecular formula is C25H23N5O3. The monoisotopic (exact) mass is 441 g/mol. The summed E-state index contributed by atoms with van der Waals surface area (Å²) in [5.74, 6) is -0.702. The number of Topliss-reactive ketones (excluding diaryl/α,β-unsaturated/α-hetero) is 1. The highest BCUT2D eigenvalue weighted by atomic mass is 16.5. The minimum atomic E-state index is -0.918. The van der Waals surface area contributed by atoms with E-state index in [1.807, 2.05) is 22.9 Å². The number of fused-ring (bicyclic) bond motifs is 1. The van der Waals surface area contributed by atoms with Gasteiger partial charge in [-0.05, 0) is 25.1 Å². The van der Waals surface area contributed by atoms with Crippen LogP contribution in [0.15, 0.2) is 73.1 Å². The van der Waals surface area contributed by atoms with E-state index in [1.165, 1.54) is 0 Å². The van der Waals surface area contributed by atoms with Crippen molar-refractivity contribution in [3.63, 3.8) is 0 Å². The van der Waals surface area contributed by atoms with Crippen LogP contribution >= 0.6 is 0 Å². The normalized spacial score (nSPS) is 11.8. The predicted molar refractivity (Wildman–Crippen MR) is 125 cm³/mol.